The first-order valence-electron chi connectivity index (χ1n) is 13.7. The monoisotopic (exact) mass is 523 g/mol. The Morgan fingerprint density at radius 1 is 0.897 bits per heavy atom. The lowest BCUT2D eigenvalue weighted by Gasteiger charge is -2.35. The van der Waals surface area contributed by atoms with Gasteiger partial charge in [0.25, 0.3) is 11.8 Å². The molecule has 7 rings (SSSR count). The van der Waals surface area contributed by atoms with Gasteiger partial charge in [-0.2, -0.15) is 5.10 Å². The van der Waals surface area contributed by atoms with Gasteiger partial charge in [-0.15, -0.1) is 0 Å². The van der Waals surface area contributed by atoms with Gasteiger partial charge in [-0.1, -0.05) is 30.3 Å². The molecule has 39 heavy (non-hydrogen) atoms. The number of amides is 4. The highest BCUT2D eigenvalue weighted by Crippen LogP contribution is 2.45. The van der Waals surface area contributed by atoms with Crippen LogP contribution in [0.4, 0.5) is 5.69 Å². The number of rotatable bonds is 7. The molecule has 1 saturated heterocycles. The fraction of sp³-hybridized carbons (Fsp3) is 0.367. The first-order chi connectivity index (χ1) is 19.0. The van der Waals surface area contributed by atoms with Crippen LogP contribution in [0.3, 0.4) is 0 Å². The minimum atomic E-state index is -0.955. The van der Waals surface area contributed by atoms with Gasteiger partial charge in [0.2, 0.25) is 11.8 Å². The molecule has 0 spiro atoms. The molecule has 1 aromatic heterocycles. The predicted molar refractivity (Wildman–Crippen MR) is 143 cm³/mol. The van der Waals surface area contributed by atoms with Crippen molar-refractivity contribution < 1.29 is 19.2 Å². The zero-order valence-corrected chi connectivity index (χ0v) is 21.4. The van der Waals surface area contributed by atoms with Gasteiger partial charge in [-0.25, -0.2) is 0 Å². The fourth-order valence-electron chi connectivity index (χ4n) is 6.02. The molecular weight excluding hydrogens is 494 g/mol. The molecule has 3 fully saturated rings. The molecule has 0 radical (unpaired) electrons. The fourth-order valence-corrected chi connectivity index (χ4v) is 6.02. The third-order valence-corrected chi connectivity index (χ3v) is 8.43. The van der Waals surface area contributed by atoms with E-state index in [1.54, 1.807) is 18.2 Å². The van der Waals surface area contributed by atoms with E-state index in [-0.39, 0.29) is 18.7 Å². The number of anilines is 1. The van der Waals surface area contributed by atoms with Crippen molar-refractivity contribution in [1.82, 2.24) is 20.0 Å². The van der Waals surface area contributed by atoms with Gasteiger partial charge in [0.1, 0.15) is 6.04 Å². The molecule has 2 aliphatic carbocycles. The number of hydrogen-bond acceptors (Lipinski definition) is 6. The summed E-state index contributed by atoms with van der Waals surface area (Å²) in [5.41, 5.74) is 5.06. The highest BCUT2D eigenvalue weighted by atomic mass is 16.2. The smallest absolute Gasteiger partial charge is 0.262 e. The highest BCUT2D eigenvalue weighted by Gasteiger charge is 2.44. The first kappa shape index (κ1) is 23.8. The molecule has 1 atom stereocenters. The topological polar surface area (TPSA) is 113 Å². The second kappa shape index (κ2) is 9.18. The average Bonchev–Trinajstić information content (AvgIpc) is 3.62. The Kier molecular flexibility index (Phi) is 5.61. The lowest BCUT2D eigenvalue weighted by molar-refractivity contribution is -0.136. The number of benzene rings is 2. The maximum atomic E-state index is 13.1. The van der Waals surface area contributed by atoms with Crippen molar-refractivity contribution in [2.45, 2.75) is 56.5 Å². The molecular formula is C30H29N5O4. The van der Waals surface area contributed by atoms with Gasteiger partial charge in [0, 0.05) is 36.3 Å². The summed E-state index contributed by atoms with van der Waals surface area (Å²) >= 11 is 0. The largest absolute Gasteiger partial charge is 0.385 e. The Hall–Kier alpha value is -4.27. The van der Waals surface area contributed by atoms with E-state index < -0.39 is 23.8 Å². The van der Waals surface area contributed by atoms with Crippen LogP contribution in [-0.4, -0.2) is 50.9 Å². The summed E-state index contributed by atoms with van der Waals surface area (Å²) < 4.78 is 2.16. The third-order valence-electron chi connectivity index (χ3n) is 8.43. The number of carbonyl (C=O) groups excluding carboxylic acids is 4. The molecule has 2 aliphatic heterocycles. The zero-order valence-electron chi connectivity index (χ0n) is 21.4. The van der Waals surface area contributed by atoms with Crippen molar-refractivity contribution >= 4 is 29.3 Å². The summed E-state index contributed by atoms with van der Waals surface area (Å²) in [5, 5.41) is 10.7. The first-order valence-corrected chi connectivity index (χ1v) is 13.7. The SMILES string of the molecule is O=C1CCC(N2C(=O)c3ccc(NC[C@H]4C[C@H](n5cc(-c6ccccc6)c(C6CC6)n5)C4)cc3C2=O)C(=O)N1. The van der Waals surface area contributed by atoms with Crippen LogP contribution in [0.15, 0.2) is 54.7 Å². The Labute approximate surface area is 225 Å². The van der Waals surface area contributed by atoms with Crippen molar-refractivity contribution in [2.24, 2.45) is 5.92 Å². The Morgan fingerprint density at radius 2 is 1.67 bits per heavy atom. The van der Waals surface area contributed by atoms with Crippen molar-refractivity contribution in [3.63, 3.8) is 0 Å². The molecule has 2 N–H and O–H groups in total. The second-order valence-electron chi connectivity index (χ2n) is 11.1. The van der Waals surface area contributed by atoms with Crippen LogP contribution in [0.25, 0.3) is 11.1 Å². The van der Waals surface area contributed by atoms with Gasteiger partial charge in [0.05, 0.1) is 22.9 Å². The molecule has 2 aromatic carbocycles. The molecule has 9 nitrogen and oxygen atoms in total. The lowest BCUT2D eigenvalue weighted by Crippen LogP contribution is -2.54. The van der Waals surface area contributed by atoms with E-state index in [9.17, 15) is 19.2 Å². The van der Waals surface area contributed by atoms with E-state index in [0.717, 1.165) is 30.0 Å². The van der Waals surface area contributed by atoms with E-state index in [1.165, 1.54) is 29.7 Å². The minimum Gasteiger partial charge on any atom is -0.385 e. The second-order valence-corrected chi connectivity index (χ2v) is 11.1. The van der Waals surface area contributed by atoms with Crippen molar-refractivity contribution in [1.29, 1.82) is 0 Å². The van der Waals surface area contributed by atoms with Crippen LogP contribution in [0.2, 0.25) is 0 Å². The highest BCUT2D eigenvalue weighted by molar-refractivity contribution is 6.23. The van der Waals surface area contributed by atoms with Crippen molar-refractivity contribution in [3.05, 3.63) is 71.5 Å². The number of fused-ring (bicyclic) bond motifs is 1. The molecule has 198 valence electrons. The number of carbonyl (C=O) groups is 4. The summed E-state index contributed by atoms with van der Waals surface area (Å²) in [5.74, 6) is -0.900. The average molecular weight is 524 g/mol. The molecule has 1 unspecified atom stereocenters. The van der Waals surface area contributed by atoms with Crippen LogP contribution in [-0.2, 0) is 9.59 Å². The quantitative estimate of drug-likeness (QED) is 0.455. The Balaban J connectivity index is 0.987. The number of nitrogens with one attached hydrogen (secondary N) is 2. The number of imide groups is 2. The molecule has 9 heteroatoms. The third kappa shape index (κ3) is 4.22. The number of hydrogen-bond donors (Lipinski definition) is 2. The number of nitrogens with zero attached hydrogens (tertiary/aromatic N) is 3. The van der Waals surface area contributed by atoms with Crippen LogP contribution in [0.5, 0.6) is 0 Å². The lowest BCUT2D eigenvalue weighted by atomic mass is 9.80. The molecule has 3 aromatic rings. The molecule has 4 amide bonds. The Morgan fingerprint density at radius 3 is 2.41 bits per heavy atom. The van der Waals surface area contributed by atoms with Crippen LogP contribution < -0.4 is 10.6 Å². The van der Waals surface area contributed by atoms with Gasteiger partial charge < -0.3 is 5.32 Å². The summed E-state index contributed by atoms with van der Waals surface area (Å²) in [6.07, 6.45) is 6.96. The number of piperidine rings is 1. The van der Waals surface area contributed by atoms with Crippen LogP contribution in [0, 0.1) is 5.92 Å². The molecule has 3 heterocycles. The van der Waals surface area contributed by atoms with Gasteiger partial charge in [0.15, 0.2) is 0 Å². The Bertz CT molecular complexity index is 1500. The maximum absolute atomic E-state index is 13.1. The van der Waals surface area contributed by atoms with E-state index in [2.05, 4.69) is 45.8 Å². The molecule has 2 saturated carbocycles. The van der Waals surface area contributed by atoms with E-state index >= 15 is 0 Å². The molecule has 0 bridgehead atoms. The predicted octanol–water partition coefficient (Wildman–Crippen LogP) is 3.89. The minimum absolute atomic E-state index is 0.104. The maximum Gasteiger partial charge on any atom is 0.262 e. The molecule has 4 aliphatic rings. The summed E-state index contributed by atoms with van der Waals surface area (Å²) in [6, 6.07) is 15.1. The normalized spacial score (nSPS) is 24.4. The van der Waals surface area contributed by atoms with E-state index in [4.69, 9.17) is 5.10 Å². The van der Waals surface area contributed by atoms with Crippen molar-refractivity contribution in [2.75, 3.05) is 11.9 Å². The van der Waals surface area contributed by atoms with Crippen LogP contribution >= 0.6 is 0 Å². The van der Waals surface area contributed by atoms with Gasteiger partial charge >= 0.3 is 0 Å². The van der Waals surface area contributed by atoms with E-state index in [1.807, 2.05) is 6.07 Å². The van der Waals surface area contributed by atoms with Gasteiger partial charge in [-0.3, -0.25) is 34.1 Å². The number of aromatic nitrogens is 2. The van der Waals surface area contributed by atoms with Gasteiger partial charge in [-0.05, 0) is 61.8 Å². The summed E-state index contributed by atoms with van der Waals surface area (Å²) in [7, 11) is 0. The summed E-state index contributed by atoms with van der Waals surface area (Å²) in [4.78, 5) is 50.8. The van der Waals surface area contributed by atoms with Crippen molar-refractivity contribution in [3.8, 4) is 11.1 Å². The van der Waals surface area contributed by atoms with E-state index in [0.29, 0.717) is 29.0 Å². The summed E-state index contributed by atoms with van der Waals surface area (Å²) in [6.45, 7) is 0.760. The van der Waals surface area contributed by atoms with Crippen LogP contribution in [0.1, 0.15) is 76.9 Å². The standard InChI is InChI=1S/C30H29N5O4/c36-26-11-10-25(28(37)32-26)35-29(38)22-9-8-20(14-23(22)30(35)39)31-15-17-12-21(13-17)34-16-24(18-4-2-1-3-5-18)27(33-34)19-6-7-19/h1-5,8-9,14,16-17,19,21,25,31H,6-7,10-13,15H2,(H,32,36,37)/t17-,21-,25?. The zero-order chi connectivity index (χ0) is 26.7.